The van der Waals surface area contributed by atoms with Crippen molar-refractivity contribution in [1.29, 1.82) is 0 Å². The van der Waals surface area contributed by atoms with Crippen LogP contribution in [0.4, 0.5) is 0 Å². The van der Waals surface area contributed by atoms with E-state index in [1.165, 1.54) is 0 Å². The summed E-state index contributed by atoms with van der Waals surface area (Å²) in [5.74, 6) is -0.796. The monoisotopic (exact) mass is 310 g/mol. The zero-order valence-electron chi connectivity index (χ0n) is 12.7. The standard InChI is InChI=1S/C19H18O4/c20-18(13-7-9-23-10-8-13)16-5-1-3-14(11-16)15-4-2-6-17(12-15)19(21)22/h1-6,11-13H,7-10H2,(H,21,22). The molecule has 0 unspecified atom stereocenters. The number of carbonyl (C=O) groups excluding carboxylic acids is 1. The molecule has 118 valence electrons. The highest BCUT2D eigenvalue weighted by Crippen LogP contribution is 2.25. The molecule has 0 spiro atoms. The van der Waals surface area contributed by atoms with Crippen molar-refractivity contribution in [3.05, 3.63) is 59.7 Å². The maximum atomic E-state index is 12.6. The zero-order chi connectivity index (χ0) is 16.2. The number of aromatic carboxylic acids is 1. The third-order valence-electron chi connectivity index (χ3n) is 4.18. The van der Waals surface area contributed by atoms with E-state index in [1.54, 1.807) is 18.2 Å². The summed E-state index contributed by atoms with van der Waals surface area (Å²) in [4.78, 5) is 23.7. The Balaban J connectivity index is 1.89. The van der Waals surface area contributed by atoms with Gasteiger partial charge in [0, 0.05) is 24.7 Å². The minimum Gasteiger partial charge on any atom is -0.478 e. The largest absolute Gasteiger partial charge is 0.478 e. The van der Waals surface area contributed by atoms with Gasteiger partial charge in [0.1, 0.15) is 0 Å². The van der Waals surface area contributed by atoms with Gasteiger partial charge in [-0.3, -0.25) is 4.79 Å². The number of carbonyl (C=O) groups is 2. The molecular formula is C19H18O4. The van der Waals surface area contributed by atoms with Gasteiger partial charge in [-0.25, -0.2) is 4.79 Å². The van der Waals surface area contributed by atoms with Crippen LogP contribution in [0, 0.1) is 5.92 Å². The second kappa shape index (κ2) is 6.75. The van der Waals surface area contributed by atoms with E-state index in [9.17, 15) is 9.59 Å². The van der Waals surface area contributed by atoms with Crippen LogP contribution in [-0.2, 0) is 4.74 Å². The van der Waals surface area contributed by atoms with E-state index in [0.717, 1.165) is 24.0 Å². The van der Waals surface area contributed by atoms with E-state index in [4.69, 9.17) is 9.84 Å². The molecule has 0 bridgehead atoms. The molecule has 4 heteroatoms. The van der Waals surface area contributed by atoms with Gasteiger partial charge in [-0.15, -0.1) is 0 Å². The minimum atomic E-state index is -0.957. The first-order valence-electron chi connectivity index (χ1n) is 7.71. The maximum absolute atomic E-state index is 12.6. The van der Waals surface area contributed by atoms with Crippen molar-refractivity contribution >= 4 is 11.8 Å². The molecule has 23 heavy (non-hydrogen) atoms. The van der Waals surface area contributed by atoms with Crippen LogP contribution in [-0.4, -0.2) is 30.1 Å². The molecule has 0 aromatic heterocycles. The van der Waals surface area contributed by atoms with Crippen LogP contribution in [0.1, 0.15) is 33.6 Å². The molecule has 0 saturated carbocycles. The minimum absolute atomic E-state index is 0.0179. The van der Waals surface area contributed by atoms with Gasteiger partial charge in [-0.1, -0.05) is 30.3 Å². The quantitative estimate of drug-likeness (QED) is 0.875. The van der Waals surface area contributed by atoms with Gasteiger partial charge in [-0.05, 0) is 42.2 Å². The molecule has 2 aromatic carbocycles. The second-order valence-electron chi connectivity index (χ2n) is 5.72. The van der Waals surface area contributed by atoms with Crippen LogP contribution in [0.5, 0.6) is 0 Å². The van der Waals surface area contributed by atoms with Gasteiger partial charge in [0.15, 0.2) is 5.78 Å². The third kappa shape index (κ3) is 3.48. The Kier molecular flexibility index (Phi) is 4.53. The molecular weight excluding hydrogens is 292 g/mol. The van der Waals surface area contributed by atoms with Crippen LogP contribution < -0.4 is 0 Å². The van der Waals surface area contributed by atoms with E-state index in [2.05, 4.69) is 0 Å². The molecule has 2 aromatic rings. The van der Waals surface area contributed by atoms with Crippen molar-refractivity contribution in [2.45, 2.75) is 12.8 Å². The molecule has 4 nitrogen and oxygen atoms in total. The Morgan fingerprint density at radius 1 is 0.913 bits per heavy atom. The summed E-state index contributed by atoms with van der Waals surface area (Å²) in [6.45, 7) is 1.27. The molecule has 0 amide bonds. The van der Waals surface area contributed by atoms with Crippen molar-refractivity contribution in [1.82, 2.24) is 0 Å². The van der Waals surface area contributed by atoms with Crippen LogP contribution >= 0.6 is 0 Å². The molecule has 1 N–H and O–H groups in total. The molecule has 1 fully saturated rings. The maximum Gasteiger partial charge on any atom is 0.335 e. The second-order valence-corrected chi connectivity index (χ2v) is 5.72. The van der Waals surface area contributed by atoms with Crippen molar-refractivity contribution in [2.24, 2.45) is 5.92 Å². The lowest BCUT2D eigenvalue weighted by Crippen LogP contribution is -2.23. The summed E-state index contributed by atoms with van der Waals surface area (Å²) < 4.78 is 5.31. The molecule has 1 aliphatic heterocycles. The number of benzene rings is 2. The average Bonchev–Trinajstić information content (AvgIpc) is 2.62. The fourth-order valence-corrected chi connectivity index (χ4v) is 2.88. The predicted octanol–water partition coefficient (Wildman–Crippen LogP) is 3.66. The van der Waals surface area contributed by atoms with Gasteiger partial charge < -0.3 is 9.84 Å². The van der Waals surface area contributed by atoms with Crippen molar-refractivity contribution in [3.8, 4) is 11.1 Å². The number of carboxylic acid groups (broad SMARTS) is 1. The third-order valence-corrected chi connectivity index (χ3v) is 4.18. The number of rotatable bonds is 4. The molecule has 0 radical (unpaired) electrons. The number of ether oxygens (including phenoxy) is 1. The van der Waals surface area contributed by atoms with E-state index in [0.29, 0.717) is 18.8 Å². The predicted molar refractivity (Wildman–Crippen MR) is 86.7 cm³/mol. The van der Waals surface area contributed by atoms with E-state index < -0.39 is 5.97 Å². The first kappa shape index (κ1) is 15.4. The topological polar surface area (TPSA) is 63.6 Å². The van der Waals surface area contributed by atoms with Crippen molar-refractivity contribution in [3.63, 3.8) is 0 Å². The SMILES string of the molecule is O=C(O)c1cccc(-c2cccc(C(=O)C3CCOCC3)c2)c1. The van der Waals surface area contributed by atoms with E-state index in [1.807, 2.05) is 30.3 Å². The lowest BCUT2D eigenvalue weighted by atomic mass is 9.89. The van der Waals surface area contributed by atoms with E-state index in [-0.39, 0.29) is 17.3 Å². The molecule has 1 aliphatic rings. The Hall–Kier alpha value is -2.46. The molecule has 1 heterocycles. The van der Waals surface area contributed by atoms with Crippen LogP contribution in [0.25, 0.3) is 11.1 Å². The van der Waals surface area contributed by atoms with Crippen LogP contribution in [0.2, 0.25) is 0 Å². The van der Waals surface area contributed by atoms with Crippen LogP contribution in [0.3, 0.4) is 0 Å². The van der Waals surface area contributed by atoms with Crippen molar-refractivity contribution < 1.29 is 19.4 Å². The first-order chi connectivity index (χ1) is 11.1. The molecule has 3 rings (SSSR count). The van der Waals surface area contributed by atoms with Gasteiger partial charge in [0.05, 0.1) is 5.56 Å². The fraction of sp³-hybridized carbons (Fsp3) is 0.263. The van der Waals surface area contributed by atoms with Crippen LogP contribution in [0.15, 0.2) is 48.5 Å². The zero-order valence-corrected chi connectivity index (χ0v) is 12.7. The van der Waals surface area contributed by atoms with Gasteiger partial charge in [0.2, 0.25) is 0 Å². The van der Waals surface area contributed by atoms with Gasteiger partial charge in [0.25, 0.3) is 0 Å². The number of carboxylic acids is 1. The molecule has 0 atom stereocenters. The van der Waals surface area contributed by atoms with Gasteiger partial charge >= 0.3 is 5.97 Å². The number of hydrogen-bond acceptors (Lipinski definition) is 3. The summed E-state index contributed by atoms with van der Waals surface area (Å²) in [5, 5.41) is 9.10. The highest BCUT2D eigenvalue weighted by atomic mass is 16.5. The summed E-state index contributed by atoms with van der Waals surface area (Å²) in [7, 11) is 0. The van der Waals surface area contributed by atoms with Crippen molar-refractivity contribution in [2.75, 3.05) is 13.2 Å². The normalized spacial score (nSPS) is 15.3. The Labute approximate surface area is 134 Å². The summed E-state index contributed by atoms with van der Waals surface area (Å²) >= 11 is 0. The first-order valence-corrected chi connectivity index (χ1v) is 7.71. The average molecular weight is 310 g/mol. The molecule has 1 saturated heterocycles. The smallest absolute Gasteiger partial charge is 0.335 e. The number of hydrogen-bond donors (Lipinski definition) is 1. The van der Waals surface area contributed by atoms with E-state index >= 15 is 0 Å². The highest BCUT2D eigenvalue weighted by Gasteiger charge is 2.22. The Morgan fingerprint density at radius 2 is 1.48 bits per heavy atom. The summed E-state index contributed by atoms with van der Waals surface area (Å²) in [5.41, 5.74) is 2.57. The summed E-state index contributed by atoms with van der Waals surface area (Å²) in [6, 6.07) is 14.2. The van der Waals surface area contributed by atoms with Gasteiger partial charge in [-0.2, -0.15) is 0 Å². The highest BCUT2D eigenvalue weighted by molar-refractivity contribution is 5.99. The lowest BCUT2D eigenvalue weighted by Gasteiger charge is -2.21. The lowest BCUT2D eigenvalue weighted by molar-refractivity contribution is 0.0545. The summed E-state index contributed by atoms with van der Waals surface area (Å²) in [6.07, 6.45) is 1.52. The Morgan fingerprint density at radius 3 is 2.09 bits per heavy atom. The Bertz CT molecular complexity index is 730. The number of Topliss-reactive ketones (excluding diaryl/α,β-unsaturated/α-hetero) is 1. The number of ketones is 1. The fourth-order valence-electron chi connectivity index (χ4n) is 2.88. The molecule has 0 aliphatic carbocycles.